The molecule has 1 saturated carbocycles. The van der Waals surface area contributed by atoms with Gasteiger partial charge in [-0.05, 0) is 134 Å². The van der Waals surface area contributed by atoms with Gasteiger partial charge in [0.15, 0.2) is 0 Å². The summed E-state index contributed by atoms with van der Waals surface area (Å²) in [5.41, 5.74) is 4.56. The Labute approximate surface area is 351 Å². The van der Waals surface area contributed by atoms with Crippen molar-refractivity contribution in [1.82, 2.24) is 30.2 Å². The predicted molar refractivity (Wildman–Crippen MR) is 232 cm³/mol. The van der Waals surface area contributed by atoms with Crippen molar-refractivity contribution in [2.75, 3.05) is 20.1 Å². The number of pyridine rings is 1. The lowest BCUT2D eigenvalue weighted by molar-refractivity contribution is -0.169. The van der Waals surface area contributed by atoms with E-state index >= 15 is 0 Å². The summed E-state index contributed by atoms with van der Waals surface area (Å²) < 4.78 is 8.17. The summed E-state index contributed by atoms with van der Waals surface area (Å²) in [6, 6.07) is 16.3. The van der Waals surface area contributed by atoms with Crippen LogP contribution in [-0.4, -0.2) is 78.4 Å². The number of fused-ring (bicyclic) bond motifs is 4. The average molecular weight is 839 g/mol. The second-order valence-corrected chi connectivity index (χ2v) is 19.3. The molecule has 0 bridgehead atoms. The largest absolute Gasteiger partial charge is 0.506 e. The quantitative estimate of drug-likeness (QED) is 0.0735. The molecule has 0 amide bonds. The smallest absolute Gasteiger partial charge is 0.349 e. The zero-order chi connectivity index (χ0) is 41.5. The average Bonchev–Trinajstić information content (AvgIpc) is 4.05. The molecule has 1 fully saturated rings. The van der Waals surface area contributed by atoms with Gasteiger partial charge in [-0.2, -0.15) is 0 Å². The molecule has 2 aromatic carbocycles. The second kappa shape index (κ2) is 16.9. The molecule has 2 aliphatic carbocycles. The summed E-state index contributed by atoms with van der Waals surface area (Å²) in [6.45, 7) is 8.93. The number of aromatic nitrogens is 4. The number of rotatable bonds is 14. The van der Waals surface area contributed by atoms with Gasteiger partial charge in [-0.25, -0.2) is 9.48 Å². The Balaban J connectivity index is 0.843. The van der Waals surface area contributed by atoms with Crippen molar-refractivity contribution >= 4 is 50.6 Å². The maximum Gasteiger partial charge on any atom is 0.349 e. The van der Waals surface area contributed by atoms with Crippen LogP contribution in [0.4, 0.5) is 0 Å². The van der Waals surface area contributed by atoms with E-state index in [1.165, 1.54) is 51.5 Å². The van der Waals surface area contributed by atoms with Crippen molar-refractivity contribution in [1.29, 1.82) is 0 Å². The molecular formula is C45H54N6O6S2. The summed E-state index contributed by atoms with van der Waals surface area (Å²) in [5.74, 6) is -0.622. The molecule has 8 rings (SSSR count). The van der Waals surface area contributed by atoms with Crippen LogP contribution in [-0.2, 0) is 46.5 Å². The Morgan fingerprint density at radius 3 is 2.58 bits per heavy atom. The zero-order valence-electron chi connectivity index (χ0n) is 34.2. The number of hydrogen-bond acceptors (Lipinski definition) is 12. The number of phenols is 1. The van der Waals surface area contributed by atoms with Gasteiger partial charge in [0.25, 0.3) is 0 Å². The number of thiophene rings is 2. The van der Waals surface area contributed by atoms with E-state index in [1.54, 1.807) is 12.1 Å². The molecule has 12 nitrogen and oxygen atoms in total. The van der Waals surface area contributed by atoms with Crippen LogP contribution in [0.15, 0.2) is 64.8 Å². The molecule has 0 aliphatic heterocycles. The molecule has 4 heterocycles. The number of aryl methyl sites for hydroxylation is 2. The minimum absolute atomic E-state index is 0.0319. The molecule has 0 radical (unpaired) electrons. The van der Waals surface area contributed by atoms with Gasteiger partial charge in [-0.3, -0.25) is 4.79 Å². The summed E-state index contributed by atoms with van der Waals surface area (Å²) >= 11 is 2.84. The number of aromatic hydroxyl groups is 1. The van der Waals surface area contributed by atoms with Crippen molar-refractivity contribution < 1.29 is 24.9 Å². The number of phenolic OH excluding ortho intramolecular Hbond substituents is 1. The Morgan fingerprint density at radius 1 is 1.05 bits per heavy atom. The van der Waals surface area contributed by atoms with Crippen LogP contribution in [0.5, 0.6) is 5.75 Å². The standard InChI is InChI=1S/C45H54N6O6S2/c1-44(2,3)37-18-19-39(59-37)45(56,38-10-6-23-58-38)43(55)57-29-13-11-28(12-14-29)50(4)21-7-22-51-42-33-9-5-8-30(33)27(24-34(42)48-49-51)25-46-26-36(53)31-15-17-35(52)41-32(31)16-20-40(54)47-41/h6,10,15-20,23-24,28-29,36,46,52-53,56H,5,7-9,11-14,21-22,25-26H2,1-4H3,(H,47,54)/t28?,29?,36-,45-/m0/s1. The first-order valence-corrected chi connectivity index (χ1v) is 22.4. The van der Waals surface area contributed by atoms with E-state index in [0.29, 0.717) is 45.4 Å². The number of carbonyl (C=O) groups excluding carboxylic acids is 1. The van der Waals surface area contributed by atoms with Crippen LogP contribution < -0.4 is 10.9 Å². The summed E-state index contributed by atoms with van der Waals surface area (Å²) in [7, 11) is 2.18. The number of aliphatic hydroxyl groups is 2. The molecule has 59 heavy (non-hydrogen) atoms. The topological polar surface area (TPSA) is 166 Å². The van der Waals surface area contributed by atoms with E-state index in [9.17, 15) is 24.9 Å². The van der Waals surface area contributed by atoms with Gasteiger partial charge in [0.2, 0.25) is 11.2 Å². The van der Waals surface area contributed by atoms with Crippen LogP contribution in [0.25, 0.3) is 21.9 Å². The van der Waals surface area contributed by atoms with E-state index in [2.05, 4.69) is 64.1 Å². The Bertz CT molecular complexity index is 2500. The molecule has 5 N–H and O–H groups in total. The zero-order valence-corrected chi connectivity index (χ0v) is 35.8. The second-order valence-electron chi connectivity index (χ2n) is 17.2. The summed E-state index contributed by atoms with van der Waals surface area (Å²) in [6.07, 6.45) is 6.24. The van der Waals surface area contributed by atoms with Crippen LogP contribution in [0.1, 0.15) is 102 Å². The summed E-state index contributed by atoms with van der Waals surface area (Å²) in [5, 5.41) is 48.4. The number of esters is 1. The normalized spacial score (nSPS) is 18.7. The number of aromatic amines is 1. The molecule has 14 heteroatoms. The lowest BCUT2D eigenvalue weighted by Crippen LogP contribution is -2.42. The van der Waals surface area contributed by atoms with Gasteiger partial charge in [0, 0.05) is 42.0 Å². The van der Waals surface area contributed by atoms with E-state index in [-0.39, 0.29) is 22.8 Å². The molecular weight excluding hydrogens is 785 g/mol. The molecule has 4 aromatic heterocycles. The van der Waals surface area contributed by atoms with E-state index in [4.69, 9.17) is 4.74 Å². The van der Waals surface area contributed by atoms with Crippen LogP contribution in [0.3, 0.4) is 0 Å². The maximum atomic E-state index is 13.8. The van der Waals surface area contributed by atoms with E-state index < -0.39 is 17.7 Å². The van der Waals surface area contributed by atoms with E-state index in [0.717, 1.165) is 80.4 Å². The number of benzene rings is 2. The molecule has 312 valence electrons. The van der Waals surface area contributed by atoms with Gasteiger partial charge >= 0.3 is 5.97 Å². The molecule has 2 aliphatic rings. The third-order valence-corrected chi connectivity index (χ3v) is 14.8. The fraction of sp³-hybridized carbons (Fsp3) is 0.467. The fourth-order valence-electron chi connectivity index (χ4n) is 8.90. The molecule has 2 atom stereocenters. The first kappa shape index (κ1) is 41.3. The van der Waals surface area contributed by atoms with Crippen molar-refractivity contribution in [2.45, 2.75) is 114 Å². The Kier molecular flexibility index (Phi) is 11.8. The highest BCUT2D eigenvalue weighted by Gasteiger charge is 2.46. The SMILES string of the molecule is CN(CCCn1nnc2cc(CNC[C@H](O)c3ccc(O)c4[nH]c(=O)ccc34)c3c(c21)CCC3)C1CCC(OC(=O)[C@](O)(c2cccs2)c2ccc(C(C)(C)C)s2)CC1. The number of hydrogen-bond donors (Lipinski definition) is 5. The van der Waals surface area contributed by atoms with Crippen LogP contribution in [0.2, 0.25) is 0 Å². The Hall–Kier alpha value is -4.44. The van der Waals surface area contributed by atoms with Crippen molar-refractivity contribution in [2.24, 2.45) is 0 Å². The molecule has 6 aromatic rings. The number of ether oxygens (including phenoxy) is 1. The first-order chi connectivity index (χ1) is 28.3. The first-order valence-electron chi connectivity index (χ1n) is 20.7. The van der Waals surface area contributed by atoms with Gasteiger partial charge in [-0.1, -0.05) is 38.1 Å². The minimum atomic E-state index is -1.82. The number of nitrogens with zero attached hydrogens (tertiary/aromatic N) is 4. The highest BCUT2D eigenvalue weighted by atomic mass is 32.1. The van der Waals surface area contributed by atoms with Crippen molar-refractivity contribution in [3.63, 3.8) is 0 Å². The number of nitrogens with one attached hydrogen (secondary N) is 2. The van der Waals surface area contributed by atoms with Gasteiger partial charge in [0.1, 0.15) is 17.4 Å². The number of carbonyl (C=O) groups is 1. The fourth-order valence-corrected chi connectivity index (χ4v) is 10.9. The van der Waals surface area contributed by atoms with Crippen LogP contribution >= 0.6 is 22.7 Å². The van der Waals surface area contributed by atoms with Gasteiger partial charge in [-0.15, -0.1) is 27.8 Å². The van der Waals surface area contributed by atoms with Crippen molar-refractivity contribution in [3.05, 3.63) is 107 Å². The highest BCUT2D eigenvalue weighted by molar-refractivity contribution is 7.13. The Morgan fingerprint density at radius 2 is 1.83 bits per heavy atom. The lowest BCUT2D eigenvalue weighted by atomic mass is 9.91. The third-order valence-electron chi connectivity index (χ3n) is 12.2. The van der Waals surface area contributed by atoms with Gasteiger partial charge < -0.3 is 35.3 Å². The highest BCUT2D eigenvalue weighted by Crippen LogP contribution is 2.42. The lowest BCUT2D eigenvalue weighted by Gasteiger charge is -2.35. The van der Waals surface area contributed by atoms with Crippen LogP contribution in [0, 0.1) is 0 Å². The maximum absolute atomic E-state index is 13.8. The van der Waals surface area contributed by atoms with Gasteiger partial charge in [0.05, 0.1) is 26.9 Å². The summed E-state index contributed by atoms with van der Waals surface area (Å²) in [4.78, 5) is 33.0. The van der Waals surface area contributed by atoms with E-state index in [1.807, 2.05) is 29.6 Å². The third kappa shape index (κ3) is 8.35. The molecule has 0 spiro atoms. The number of H-pyrrole nitrogens is 1. The monoisotopic (exact) mass is 838 g/mol. The van der Waals surface area contributed by atoms with Crippen molar-refractivity contribution in [3.8, 4) is 5.75 Å². The molecule has 0 saturated heterocycles. The molecule has 0 unspecified atom stereocenters. The minimum Gasteiger partial charge on any atom is -0.506 e. The predicted octanol–water partition coefficient (Wildman–Crippen LogP) is 6.82. The number of aliphatic hydroxyl groups excluding tert-OH is 1.